The number of hydrogen-bond acceptors (Lipinski definition) is 4. The van der Waals surface area contributed by atoms with Crippen LogP contribution in [0.25, 0.3) is 0 Å². The first-order chi connectivity index (χ1) is 13.4. The Morgan fingerprint density at radius 1 is 1.21 bits per heavy atom. The Labute approximate surface area is 170 Å². The number of amides is 1. The van der Waals surface area contributed by atoms with Gasteiger partial charge in [-0.1, -0.05) is 35.9 Å². The summed E-state index contributed by atoms with van der Waals surface area (Å²) in [7, 11) is -3.50. The number of fused-ring (bicyclic) bond motifs is 1. The molecule has 0 aromatic heterocycles. The van der Waals surface area contributed by atoms with Crippen molar-refractivity contribution in [2.45, 2.75) is 25.9 Å². The topological polar surface area (TPSA) is 75.7 Å². The Morgan fingerprint density at radius 3 is 2.64 bits per heavy atom. The highest BCUT2D eigenvalue weighted by molar-refractivity contribution is 7.92. The zero-order valence-electron chi connectivity index (χ0n) is 15.6. The second-order valence-electron chi connectivity index (χ2n) is 6.53. The number of para-hydroxylation sites is 2. The van der Waals surface area contributed by atoms with Crippen molar-refractivity contribution in [3.05, 3.63) is 59.1 Å². The van der Waals surface area contributed by atoms with Gasteiger partial charge in [0, 0.05) is 11.6 Å². The summed E-state index contributed by atoms with van der Waals surface area (Å²) in [4.78, 5) is 12.5. The minimum atomic E-state index is -3.50. The van der Waals surface area contributed by atoms with Gasteiger partial charge >= 0.3 is 0 Å². The number of rotatable bonds is 7. The van der Waals surface area contributed by atoms with Crippen molar-refractivity contribution in [2.24, 2.45) is 0 Å². The summed E-state index contributed by atoms with van der Waals surface area (Å²) < 4.78 is 31.9. The van der Waals surface area contributed by atoms with Gasteiger partial charge < -0.3 is 10.1 Å². The number of nitrogens with one attached hydrogen (secondary N) is 1. The van der Waals surface area contributed by atoms with Crippen LogP contribution in [0.2, 0.25) is 5.02 Å². The van der Waals surface area contributed by atoms with Crippen LogP contribution in [0.3, 0.4) is 0 Å². The molecule has 0 saturated carbocycles. The van der Waals surface area contributed by atoms with Crippen molar-refractivity contribution in [3.63, 3.8) is 0 Å². The van der Waals surface area contributed by atoms with Crippen LogP contribution in [0.1, 0.15) is 18.9 Å². The van der Waals surface area contributed by atoms with E-state index in [0.29, 0.717) is 23.0 Å². The smallest absolute Gasteiger partial charge is 0.263 e. The van der Waals surface area contributed by atoms with Crippen LogP contribution in [0.4, 0.5) is 5.69 Å². The van der Waals surface area contributed by atoms with Gasteiger partial charge in [0.25, 0.3) is 5.91 Å². The molecule has 1 aliphatic heterocycles. The average molecular weight is 423 g/mol. The van der Waals surface area contributed by atoms with Crippen LogP contribution in [-0.2, 0) is 21.2 Å². The number of ether oxygens (including phenoxy) is 1. The number of carbonyl (C=O) groups excluding carboxylic acids is 1. The highest BCUT2D eigenvalue weighted by atomic mass is 35.5. The maximum absolute atomic E-state index is 12.5. The first-order valence-corrected chi connectivity index (χ1v) is 11.2. The Hall–Kier alpha value is -2.25. The third-order valence-corrected chi connectivity index (χ3v) is 6.58. The number of anilines is 1. The summed E-state index contributed by atoms with van der Waals surface area (Å²) >= 11 is 5.87. The first kappa shape index (κ1) is 20.5. The number of nitrogens with zero attached hydrogens (tertiary/aromatic N) is 1. The van der Waals surface area contributed by atoms with Gasteiger partial charge in [-0.25, -0.2) is 8.42 Å². The van der Waals surface area contributed by atoms with E-state index in [2.05, 4.69) is 5.32 Å². The molecule has 0 bridgehead atoms. The van der Waals surface area contributed by atoms with E-state index < -0.39 is 16.1 Å². The van der Waals surface area contributed by atoms with Crippen molar-refractivity contribution in [3.8, 4) is 5.75 Å². The predicted octanol–water partition coefficient (Wildman–Crippen LogP) is 3.01. The molecule has 0 radical (unpaired) electrons. The van der Waals surface area contributed by atoms with Crippen LogP contribution >= 0.6 is 11.6 Å². The first-order valence-electron chi connectivity index (χ1n) is 9.19. The largest absolute Gasteiger partial charge is 0.476 e. The average Bonchev–Trinajstić information content (AvgIpc) is 2.71. The lowest BCUT2D eigenvalue weighted by molar-refractivity contribution is -0.127. The van der Waals surface area contributed by atoms with Crippen molar-refractivity contribution in [1.82, 2.24) is 5.32 Å². The quantitative estimate of drug-likeness (QED) is 0.696. The Morgan fingerprint density at radius 2 is 1.93 bits per heavy atom. The van der Waals surface area contributed by atoms with Crippen LogP contribution in [0, 0.1) is 0 Å². The second kappa shape index (κ2) is 8.84. The monoisotopic (exact) mass is 422 g/mol. The van der Waals surface area contributed by atoms with Crippen LogP contribution in [0.15, 0.2) is 48.5 Å². The van der Waals surface area contributed by atoms with Gasteiger partial charge in [-0.3, -0.25) is 9.10 Å². The Balaban J connectivity index is 1.60. The third kappa shape index (κ3) is 4.77. The summed E-state index contributed by atoms with van der Waals surface area (Å²) in [5, 5.41) is 3.54. The van der Waals surface area contributed by atoms with Crippen molar-refractivity contribution >= 4 is 33.2 Å². The second-order valence-corrected chi connectivity index (χ2v) is 9.15. The molecule has 1 N–H and O–H groups in total. The van der Waals surface area contributed by atoms with E-state index in [9.17, 15) is 13.2 Å². The minimum Gasteiger partial charge on any atom is -0.476 e. The van der Waals surface area contributed by atoms with E-state index in [1.165, 1.54) is 4.31 Å². The lowest BCUT2D eigenvalue weighted by Gasteiger charge is -2.34. The van der Waals surface area contributed by atoms with Gasteiger partial charge in [-0.2, -0.15) is 0 Å². The van der Waals surface area contributed by atoms with E-state index in [1.807, 2.05) is 24.3 Å². The standard InChI is InChI=1S/C20H23ClN2O4S/c1-2-28(25,26)23-14-19(27-18-8-4-3-7-17(18)23)20(24)22-13-5-6-15-9-11-16(21)12-10-15/h3-4,7-12,19H,2,5-6,13-14H2,1H3,(H,22,24). The highest BCUT2D eigenvalue weighted by Crippen LogP contribution is 2.35. The summed E-state index contributed by atoms with van der Waals surface area (Å²) in [6.07, 6.45) is 0.683. The molecule has 8 heteroatoms. The molecular weight excluding hydrogens is 400 g/mol. The molecule has 0 fully saturated rings. The Bertz CT molecular complexity index is 931. The summed E-state index contributed by atoms with van der Waals surface area (Å²) in [5.74, 6) is 0.0329. The van der Waals surface area contributed by atoms with Crippen molar-refractivity contribution < 1.29 is 17.9 Å². The number of carbonyl (C=O) groups is 1. The van der Waals surface area contributed by atoms with Crippen molar-refractivity contribution in [1.29, 1.82) is 0 Å². The lowest BCUT2D eigenvalue weighted by atomic mass is 10.1. The van der Waals surface area contributed by atoms with Gasteiger partial charge in [-0.15, -0.1) is 0 Å². The highest BCUT2D eigenvalue weighted by Gasteiger charge is 2.35. The molecule has 0 spiro atoms. The van der Waals surface area contributed by atoms with Crippen LogP contribution < -0.4 is 14.4 Å². The zero-order chi connectivity index (χ0) is 20.1. The molecule has 3 rings (SSSR count). The van der Waals surface area contributed by atoms with E-state index in [1.54, 1.807) is 31.2 Å². The molecule has 0 saturated heterocycles. The molecule has 2 aromatic rings. The molecule has 1 amide bonds. The zero-order valence-corrected chi connectivity index (χ0v) is 17.2. The minimum absolute atomic E-state index is 0.0315. The molecule has 6 nitrogen and oxygen atoms in total. The molecule has 150 valence electrons. The van der Waals surface area contributed by atoms with E-state index >= 15 is 0 Å². The fraction of sp³-hybridized carbons (Fsp3) is 0.350. The lowest BCUT2D eigenvalue weighted by Crippen LogP contribution is -2.51. The van der Waals surface area contributed by atoms with E-state index in [0.717, 1.165) is 18.4 Å². The summed E-state index contributed by atoms with van der Waals surface area (Å²) in [6.45, 7) is 2.03. The Kier molecular flexibility index (Phi) is 6.46. The van der Waals surface area contributed by atoms with Crippen LogP contribution in [-0.4, -0.2) is 39.3 Å². The van der Waals surface area contributed by atoms with Crippen LogP contribution in [0.5, 0.6) is 5.75 Å². The van der Waals surface area contributed by atoms with Gasteiger partial charge in [0.1, 0.15) is 5.75 Å². The molecular formula is C20H23ClN2O4S. The maximum Gasteiger partial charge on any atom is 0.263 e. The third-order valence-electron chi connectivity index (χ3n) is 4.58. The molecule has 1 atom stereocenters. The van der Waals surface area contributed by atoms with Gasteiger partial charge in [0.15, 0.2) is 6.10 Å². The number of hydrogen-bond donors (Lipinski definition) is 1. The van der Waals surface area contributed by atoms with Crippen molar-refractivity contribution in [2.75, 3.05) is 23.1 Å². The molecule has 1 heterocycles. The summed E-state index contributed by atoms with van der Waals surface area (Å²) in [6, 6.07) is 14.4. The van der Waals surface area contributed by atoms with Gasteiger partial charge in [0.05, 0.1) is 18.0 Å². The number of sulfonamides is 1. The molecule has 28 heavy (non-hydrogen) atoms. The number of aryl methyl sites for hydroxylation is 1. The SMILES string of the molecule is CCS(=O)(=O)N1CC(C(=O)NCCCc2ccc(Cl)cc2)Oc2ccccc21. The fourth-order valence-electron chi connectivity index (χ4n) is 3.03. The van der Waals surface area contributed by atoms with E-state index in [-0.39, 0.29) is 18.2 Å². The fourth-order valence-corrected chi connectivity index (χ4v) is 4.28. The van der Waals surface area contributed by atoms with Gasteiger partial charge in [0.2, 0.25) is 10.0 Å². The van der Waals surface area contributed by atoms with E-state index in [4.69, 9.17) is 16.3 Å². The molecule has 1 aliphatic rings. The number of benzene rings is 2. The normalized spacial score (nSPS) is 16.2. The number of halogens is 1. The molecule has 0 aliphatic carbocycles. The summed E-state index contributed by atoms with van der Waals surface area (Å²) in [5.41, 5.74) is 1.61. The van der Waals surface area contributed by atoms with Gasteiger partial charge in [-0.05, 0) is 49.6 Å². The molecule has 1 unspecified atom stereocenters. The maximum atomic E-state index is 12.5. The predicted molar refractivity (Wildman–Crippen MR) is 110 cm³/mol. The molecule has 2 aromatic carbocycles.